The molecule has 1 aliphatic carbocycles. The quantitative estimate of drug-likeness (QED) is 0.679. The number of fused-ring (bicyclic) bond motifs is 1. The van der Waals surface area contributed by atoms with Crippen molar-refractivity contribution in [1.82, 2.24) is 0 Å². The maximum atomic E-state index is 6.47. The largest absolute Gasteiger partial charge is 0.118 e. The number of aryl methyl sites for hydroxylation is 3. The number of hydrogen-bond donors (Lipinski definition) is 0. The van der Waals surface area contributed by atoms with Crippen LogP contribution in [0.25, 0.3) is 0 Å². The van der Waals surface area contributed by atoms with Gasteiger partial charge in [0.15, 0.2) is 0 Å². The molecule has 19 heavy (non-hydrogen) atoms. The topological polar surface area (TPSA) is 0 Å². The molecule has 0 N–H and O–H groups in total. The van der Waals surface area contributed by atoms with E-state index in [0.717, 1.165) is 12.8 Å². The van der Waals surface area contributed by atoms with Crippen molar-refractivity contribution < 1.29 is 0 Å². The number of halogens is 1. The van der Waals surface area contributed by atoms with Crippen molar-refractivity contribution >= 4 is 11.6 Å². The minimum atomic E-state index is 0.120. The fraction of sp³-hybridized carbons (Fsp3) is 0.333. The van der Waals surface area contributed by atoms with Crippen LogP contribution in [0.1, 0.15) is 40.5 Å². The highest BCUT2D eigenvalue weighted by molar-refractivity contribution is 6.20. The molecule has 0 saturated carbocycles. The number of hydrogen-bond acceptors (Lipinski definition) is 0. The van der Waals surface area contributed by atoms with Gasteiger partial charge in [-0.1, -0.05) is 48.5 Å². The van der Waals surface area contributed by atoms with Crippen LogP contribution in [-0.4, -0.2) is 0 Å². The van der Waals surface area contributed by atoms with Crippen LogP contribution in [-0.2, 0) is 19.3 Å². The summed E-state index contributed by atoms with van der Waals surface area (Å²) in [4.78, 5) is 0. The Kier molecular flexibility index (Phi) is 3.89. The van der Waals surface area contributed by atoms with Gasteiger partial charge in [-0.25, -0.2) is 0 Å². The Balaban J connectivity index is 1.63. The fourth-order valence-electron chi connectivity index (χ4n) is 2.90. The molecule has 1 unspecified atom stereocenters. The molecule has 0 nitrogen and oxygen atoms in total. The van der Waals surface area contributed by atoms with E-state index in [4.69, 9.17) is 11.6 Å². The summed E-state index contributed by atoms with van der Waals surface area (Å²) in [5, 5.41) is 0.120. The summed E-state index contributed by atoms with van der Waals surface area (Å²) in [5.74, 6) is 0. The van der Waals surface area contributed by atoms with Gasteiger partial charge in [-0.2, -0.15) is 0 Å². The Bertz CT molecular complexity index is 545. The zero-order chi connectivity index (χ0) is 13.1. The molecule has 3 rings (SSSR count). The molecule has 0 aliphatic heterocycles. The standard InChI is InChI=1S/C18H19Cl/c19-18(16-5-2-1-3-6-16)12-10-14-9-11-15-7-4-8-17(15)13-14/h1-3,5-6,9,11,13,18H,4,7-8,10,12H2. The minimum absolute atomic E-state index is 0.120. The molecule has 1 heteroatoms. The average Bonchev–Trinajstić information content (AvgIpc) is 2.93. The van der Waals surface area contributed by atoms with Gasteiger partial charge in [0.05, 0.1) is 5.38 Å². The lowest BCUT2D eigenvalue weighted by Crippen LogP contribution is -1.95. The zero-order valence-corrected chi connectivity index (χ0v) is 11.9. The third-order valence-corrected chi connectivity index (χ3v) is 4.48. The Morgan fingerprint density at radius 3 is 2.58 bits per heavy atom. The molecule has 0 fully saturated rings. The van der Waals surface area contributed by atoms with Crippen LogP contribution in [0.3, 0.4) is 0 Å². The lowest BCUT2D eigenvalue weighted by atomic mass is 10.0. The SMILES string of the molecule is ClC(CCc1ccc2c(c1)CCC2)c1ccccc1. The summed E-state index contributed by atoms with van der Waals surface area (Å²) in [5.41, 5.74) is 5.77. The van der Waals surface area contributed by atoms with E-state index in [0.29, 0.717) is 0 Å². The third-order valence-electron chi connectivity index (χ3n) is 4.01. The smallest absolute Gasteiger partial charge is 0.0588 e. The zero-order valence-electron chi connectivity index (χ0n) is 11.1. The first-order valence-electron chi connectivity index (χ1n) is 7.12. The molecule has 0 bridgehead atoms. The van der Waals surface area contributed by atoms with Crippen LogP contribution in [0.5, 0.6) is 0 Å². The van der Waals surface area contributed by atoms with Gasteiger partial charge in [0.2, 0.25) is 0 Å². The van der Waals surface area contributed by atoms with Crippen molar-refractivity contribution in [3.05, 3.63) is 70.8 Å². The fourth-order valence-corrected chi connectivity index (χ4v) is 3.16. The van der Waals surface area contributed by atoms with E-state index in [1.807, 2.05) is 6.07 Å². The predicted molar refractivity (Wildman–Crippen MR) is 81.8 cm³/mol. The molecule has 2 aromatic rings. The molecule has 0 saturated heterocycles. The number of alkyl halides is 1. The molecule has 0 heterocycles. The molecular weight excluding hydrogens is 252 g/mol. The summed E-state index contributed by atoms with van der Waals surface area (Å²) in [6.07, 6.45) is 5.91. The molecule has 1 aliphatic rings. The number of rotatable bonds is 4. The molecular formula is C18H19Cl. The molecule has 0 amide bonds. The first kappa shape index (κ1) is 12.7. The van der Waals surface area contributed by atoms with Crippen LogP contribution in [0.15, 0.2) is 48.5 Å². The van der Waals surface area contributed by atoms with Crippen LogP contribution in [0.2, 0.25) is 0 Å². The van der Waals surface area contributed by atoms with E-state index >= 15 is 0 Å². The first-order chi connectivity index (χ1) is 9.33. The second-order valence-electron chi connectivity index (χ2n) is 5.37. The Morgan fingerprint density at radius 2 is 1.74 bits per heavy atom. The highest BCUT2D eigenvalue weighted by Crippen LogP contribution is 2.27. The molecule has 0 spiro atoms. The lowest BCUT2D eigenvalue weighted by Gasteiger charge is -2.10. The van der Waals surface area contributed by atoms with Gasteiger partial charge >= 0.3 is 0 Å². The van der Waals surface area contributed by atoms with Crippen molar-refractivity contribution in [2.45, 2.75) is 37.5 Å². The first-order valence-corrected chi connectivity index (χ1v) is 7.56. The van der Waals surface area contributed by atoms with E-state index in [9.17, 15) is 0 Å². The molecule has 1 atom stereocenters. The Labute approximate surface area is 120 Å². The molecule has 0 aromatic heterocycles. The van der Waals surface area contributed by atoms with Crippen LogP contribution >= 0.6 is 11.6 Å². The average molecular weight is 271 g/mol. The lowest BCUT2D eigenvalue weighted by molar-refractivity contribution is 0.792. The van der Waals surface area contributed by atoms with E-state index in [2.05, 4.69) is 42.5 Å². The molecule has 0 radical (unpaired) electrons. The van der Waals surface area contributed by atoms with E-state index in [1.54, 1.807) is 11.1 Å². The minimum Gasteiger partial charge on any atom is -0.118 e. The van der Waals surface area contributed by atoms with Gasteiger partial charge in [0, 0.05) is 0 Å². The van der Waals surface area contributed by atoms with Crippen molar-refractivity contribution in [2.24, 2.45) is 0 Å². The van der Waals surface area contributed by atoms with E-state index in [-0.39, 0.29) is 5.38 Å². The van der Waals surface area contributed by atoms with Gasteiger partial charge in [-0.05, 0) is 54.4 Å². The van der Waals surface area contributed by atoms with Gasteiger partial charge in [-0.15, -0.1) is 11.6 Å². The Hall–Kier alpha value is -1.27. The maximum Gasteiger partial charge on any atom is 0.0588 e. The van der Waals surface area contributed by atoms with Gasteiger partial charge in [-0.3, -0.25) is 0 Å². The summed E-state index contributed by atoms with van der Waals surface area (Å²) in [6.45, 7) is 0. The van der Waals surface area contributed by atoms with Gasteiger partial charge in [0.25, 0.3) is 0 Å². The van der Waals surface area contributed by atoms with E-state index in [1.165, 1.54) is 30.4 Å². The second kappa shape index (κ2) is 5.79. The third kappa shape index (κ3) is 3.01. The summed E-state index contributed by atoms with van der Waals surface area (Å²) in [6, 6.07) is 17.3. The van der Waals surface area contributed by atoms with Crippen molar-refractivity contribution in [3.63, 3.8) is 0 Å². The van der Waals surface area contributed by atoms with Crippen molar-refractivity contribution in [3.8, 4) is 0 Å². The van der Waals surface area contributed by atoms with Gasteiger partial charge < -0.3 is 0 Å². The number of benzene rings is 2. The maximum absolute atomic E-state index is 6.47. The predicted octanol–water partition coefficient (Wildman–Crippen LogP) is 5.09. The highest BCUT2D eigenvalue weighted by atomic mass is 35.5. The Morgan fingerprint density at radius 1 is 0.947 bits per heavy atom. The molecule has 98 valence electrons. The van der Waals surface area contributed by atoms with Crippen molar-refractivity contribution in [1.29, 1.82) is 0 Å². The van der Waals surface area contributed by atoms with Crippen LogP contribution in [0.4, 0.5) is 0 Å². The van der Waals surface area contributed by atoms with Gasteiger partial charge in [0.1, 0.15) is 0 Å². The van der Waals surface area contributed by atoms with Crippen molar-refractivity contribution in [2.75, 3.05) is 0 Å². The highest BCUT2D eigenvalue weighted by Gasteiger charge is 2.12. The van der Waals surface area contributed by atoms with E-state index < -0.39 is 0 Å². The summed E-state index contributed by atoms with van der Waals surface area (Å²) < 4.78 is 0. The summed E-state index contributed by atoms with van der Waals surface area (Å²) in [7, 11) is 0. The molecule has 2 aromatic carbocycles. The van der Waals surface area contributed by atoms with Crippen LogP contribution < -0.4 is 0 Å². The summed E-state index contributed by atoms with van der Waals surface area (Å²) >= 11 is 6.47. The normalized spacial score (nSPS) is 15.2. The monoisotopic (exact) mass is 270 g/mol. The second-order valence-corrected chi connectivity index (χ2v) is 5.90. The van der Waals surface area contributed by atoms with Crippen LogP contribution in [0, 0.1) is 0 Å².